The molecule has 1 aliphatic rings. The maximum atomic E-state index is 5.95. The molecule has 0 aliphatic carbocycles. The zero-order valence-electron chi connectivity index (χ0n) is 11.0. The molecule has 1 fully saturated rings. The third-order valence-corrected chi connectivity index (χ3v) is 3.68. The van der Waals surface area contributed by atoms with Crippen LogP contribution in [0.1, 0.15) is 46.0 Å². The van der Waals surface area contributed by atoms with Gasteiger partial charge in [0.25, 0.3) is 0 Å². The number of likely N-dealkylation sites (tertiary alicyclic amines) is 1. The van der Waals surface area contributed by atoms with E-state index in [0.717, 1.165) is 13.2 Å². The molecular weight excluding hydrogens is 200 g/mol. The van der Waals surface area contributed by atoms with Gasteiger partial charge in [0.1, 0.15) is 0 Å². The Kier molecular flexibility index (Phi) is 6.32. The van der Waals surface area contributed by atoms with Gasteiger partial charge in [-0.05, 0) is 39.8 Å². The molecule has 0 radical (unpaired) electrons. The lowest BCUT2D eigenvalue weighted by molar-refractivity contribution is 0.00639. The quantitative estimate of drug-likeness (QED) is 0.782. The van der Waals surface area contributed by atoms with E-state index in [-0.39, 0.29) is 5.54 Å². The fourth-order valence-electron chi connectivity index (χ4n) is 2.39. The first-order chi connectivity index (χ1) is 7.73. The number of ether oxygens (including phenoxy) is 1. The van der Waals surface area contributed by atoms with Crippen LogP contribution in [0.5, 0.6) is 0 Å². The van der Waals surface area contributed by atoms with Crippen molar-refractivity contribution in [2.45, 2.75) is 51.5 Å². The summed E-state index contributed by atoms with van der Waals surface area (Å²) in [5.41, 5.74) is 5.98. The average Bonchev–Trinajstić information content (AvgIpc) is 2.25. The smallest absolute Gasteiger partial charge is 0.0659 e. The first kappa shape index (κ1) is 13.9. The van der Waals surface area contributed by atoms with E-state index in [1.54, 1.807) is 0 Å². The predicted octanol–water partition coefficient (Wildman–Crippen LogP) is 2.01. The van der Waals surface area contributed by atoms with E-state index >= 15 is 0 Å². The highest BCUT2D eigenvalue weighted by molar-refractivity contribution is 4.88. The molecule has 3 nitrogen and oxygen atoms in total. The van der Waals surface area contributed by atoms with Crippen molar-refractivity contribution < 1.29 is 4.74 Å². The summed E-state index contributed by atoms with van der Waals surface area (Å²) in [7, 11) is 0. The summed E-state index contributed by atoms with van der Waals surface area (Å²) >= 11 is 0. The Morgan fingerprint density at radius 3 is 2.19 bits per heavy atom. The van der Waals surface area contributed by atoms with Crippen molar-refractivity contribution in [3.8, 4) is 0 Å². The van der Waals surface area contributed by atoms with Crippen LogP contribution < -0.4 is 5.73 Å². The second kappa shape index (κ2) is 7.25. The van der Waals surface area contributed by atoms with E-state index in [9.17, 15) is 0 Å². The first-order valence-electron chi connectivity index (χ1n) is 6.76. The number of nitrogens with zero attached hydrogens (tertiary/aromatic N) is 1. The van der Waals surface area contributed by atoms with Gasteiger partial charge in [-0.1, -0.05) is 19.3 Å². The van der Waals surface area contributed by atoms with Crippen LogP contribution in [0.4, 0.5) is 0 Å². The molecule has 0 aromatic rings. The summed E-state index contributed by atoms with van der Waals surface area (Å²) in [6.45, 7) is 8.88. The monoisotopic (exact) mass is 228 g/mol. The van der Waals surface area contributed by atoms with Crippen molar-refractivity contribution in [2.75, 3.05) is 32.8 Å². The molecule has 96 valence electrons. The van der Waals surface area contributed by atoms with Crippen LogP contribution in [0.25, 0.3) is 0 Å². The van der Waals surface area contributed by atoms with E-state index in [0.29, 0.717) is 6.54 Å². The lowest BCUT2D eigenvalue weighted by Gasteiger charge is -2.41. The Balaban J connectivity index is 2.52. The molecule has 0 aromatic carbocycles. The molecule has 3 heteroatoms. The molecule has 1 saturated heterocycles. The predicted molar refractivity (Wildman–Crippen MR) is 68.6 cm³/mol. The molecule has 2 N–H and O–H groups in total. The average molecular weight is 228 g/mol. The molecule has 0 bridgehead atoms. The van der Waals surface area contributed by atoms with Crippen LogP contribution in [0, 0.1) is 0 Å². The largest absolute Gasteiger partial charge is 0.380 e. The van der Waals surface area contributed by atoms with E-state index in [4.69, 9.17) is 10.5 Å². The van der Waals surface area contributed by atoms with Gasteiger partial charge in [-0.15, -0.1) is 0 Å². The van der Waals surface area contributed by atoms with Gasteiger partial charge in [0.15, 0.2) is 0 Å². The summed E-state index contributed by atoms with van der Waals surface area (Å²) in [4.78, 5) is 2.54. The Morgan fingerprint density at radius 2 is 1.69 bits per heavy atom. The second-order valence-corrected chi connectivity index (χ2v) is 5.09. The molecule has 0 saturated carbocycles. The lowest BCUT2D eigenvalue weighted by atomic mass is 9.98. The number of nitrogens with two attached hydrogens (primary N) is 1. The van der Waals surface area contributed by atoms with Crippen molar-refractivity contribution in [2.24, 2.45) is 5.73 Å². The third kappa shape index (κ3) is 4.04. The highest BCUT2D eigenvalue weighted by Gasteiger charge is 2.30. The van der Waals surface area contributed by atoms with Crippen LogP contribution in [-0.2, 0) is 4.74 Å². The summed E-state index contributed by atoms with van der Waals surface area (Å²) < 4.78 is 5.59. The van der Waals surface area contributed by atoms with Crippen LogP contribution in [0.2, 0.25) is 0 Å². The van der Waals surface area contributed by atoms with Gasteiger partial charge in [-0.25, -0.2) is 0 Å². The minimum Gasteiger partial charge on any atom is -0.380 e. The SMILES string of the molecule is CCOCC(C)(CN)N1CCCCCCC1. The molecule has 1 rings (SSSR count). The summed E-state index contributed by atoms with van der Waals surface area (Å²) in [5, 5.41) is 0. The van der Waals surface area contributed by atoms with Crippen molar-refractivity contribution in [1.82, 2.24) is 4.90 Å². The molecule has 1 aliphatic heterocycles. The van der Waals surface area contributed by atoms with Crippen LogP contribution in [-0.4, -0.2) is 43.3 Å². The van der Waals surface area contributed by atoms with E-state index in [1.165, 1.54) is 45.2 Å². The second-order valence-electron chi connectivity index (χ2n) is 5.09. The van der Waals surface area contributed by atoms with Gasteiger partial charge in [-0.2, -0.15) is 0 Å². The maximum Gasteiger partial charge on any atom is 0.0659 e. The Bertz CT molecular complexity index is 179. The van der Waals surface area contributed by atoms with Gasteiger partial charge >= 0.3 is 0 Å². The Morgan fingerprint density at radius 1 is 1.12 bits per heavy atom. The summed E-state index contributed by atoms with van der Waals surface area (Å²) in [5.74, 6) is 0. The minimum atomic E-state index is 0.0351. The van der Waals surface area contributed by atoms with E-state index < -0.39 is 0 Å². The number of hydrogen-bond donors (Lipinski definition) is 1. The van der Waals surface area contributed by atoms with E-state index in [1.807, 2.05) is 6.92 Å². The zero-order chi connectivity index (χ0) is 11.9. The molecular formula is C13H28N2O. The van der Waals surface area contributed by atoms with Gasteiger partial charge < -0.3 is 10.5 Å². The zero-order valence-corrected chi connectivity index (χ0v) is 11.0. The molecule has 1 atom stereocenters. The van der Waals surface area contributed by atoms with Crippen molar-refractivity contribution >= 4 is 0 Å². The normalized spacial score (nSPS) is 23.4. The molecule has 0 amide bonds. The van der Waals surface area contributed by atoms with Gasteiger partial charge in [-0.3, -0.25) is 4.90 Å². The molecule has 0 spiro atoms. The third-order valence-electron chi connectivity index (χ3n) is 3.68. The fraction of sp³-hybridized carbons (Fsp3) is 1.00. The lowest BCUT2D eigenvalue weighted by Crippen LogP contribution is -2.55. The highest BCUT2D eigenvalue weighted by atomic mass is 16.5. The maximum absolute atomic E-state index is 5.95. The van der Waals surface area contributed by atoms with Crippen LogP contribution >= 0.6 is 0 Å². The standard InChI is InChI=1S/C13H28N2O/c1-3-16-12-13(2,11-14)15-9-7-5-4-6-8-10-15/h3-12,14H2,1-2H3. The van der Waals surface area contributed by atoms with Gasteiger partial charge in [0.05, 0.1) is 12.1 Å². The minimum absolute atomic E-state index is 0.0351. The molecule has 0 aromatic heterocycles. The van der Waals surface area contributed by atoms with Crippen LogP contribution in [0.15, 0.2) is 0 Å². The Hall–Kier alpha value is -0.120. The van der Waals surface area contributed by atoms with Crippen molar-refractivity contribution in [3.05, 3.63) is 0 Å². The Labute approximate surface area is 100 Å². The van der Waals surface area contributed by atoms with Gasteiger partial charge in [0.2, 0.25) is 0 Å². The van der Waals surface area contributed by atoms with E-state index in [2.05, 4.69) is 11.8 Å². The topological polar surface area (TPSA) is 38.5 Å². The van der Waals surface area contributed by atoms with Crippen molar-refractivity contribution in [1.29, 1.82) is 0 Å². The highest BCUT2D eigenvalue weighted by Crippen LogP contribution is 2.20. The number of rotatable bonds is 5. The summed E-state index contributed by atoms with van der Waals surface area (Å²) in [6, 6.07) is 0. The molecule has 1 unspecified atom stereocenters. The fourth-order valence-corrected chi connectivity index (χ4v) is 2.39. The van der Waals surface area contributed by atoms with Crippen LogP contribution in [0.3, 0.4) is 0 Å². The first-order valence-corrected chi connectivity index (χ1v) is 6.76. The number of hydrogen-bond acceptors (Lipinski definition) is 3. The van der Waals surface area contributed by atoms with Crippen molar-refractivity contribution in [3.63, 3.8) is 0 Å². The molecule has 1 heterocycles. The van der Waals surface area contributed by atoms with Gasteiger partial charge in [0, 0.05) is 13.2 Å². The summed E-state index contributed by atoms with van der Waals surface area (Å²) in [6.07, 6.45) is 6.75. The molecule has 16 heavy (non-hydrogen) atoms.